The van der Waals surface area contributed by atoms with Crippen molar-refractivity contribution >= 4 is 44.9 Å². The first-order valence-corrected chi connectivity index (χ1v) is 7.56. The van der Waals surface area contributed by atoms with Crippen molar-refractivity contribution in [3.8, 4) is 0 Å². The molecular weight excluding hydrogens is 323 g/mol. The van der Waals surface area contributed by atoms with Crippen molar-refractivity contribution in [2.45, 2.75) is 31.7 Å². The highest BCUT2D eigenvalue weighted by Gasteiger charge is 2.26. The maximum absolute atomic E-state index is 5.92. The summed E-state index contributed by atoms with van der Waals surface area (Å²) < 4.78 is 0.975. The molecule has 2 heterocycles. The van der Waals surface area contributed by atoms with Crippen LogP contribution < -0.4 is 4.90 Å². The van der Waals surface area contributed by atoms with Crippen LogP contribution in [0.5, 0.6) is 0 Å². The molecule has 1 fully saturated rings. The van der Waals surface area contributed by atoms with Crippen LogP contribution in [0.3, 0.4) is 0 Å². The SMILES string of the molecule is ClCCCC1CCCN1c1ncc(Cl)cc1Br. The van der Waals surface area contributed by atoms with Crippen molar-refractivity contribution in [2.24, 2.45) is 0 Å². The van der Waals surface area contributed by atoms with Gasteiger partial charge in [0.1, 0.15) is 5.82 Å². The molecule has 1 unspecified atom stereocenters. The quantitative estimate of drug-likeness (QED) is 0.753. The van der Waals surface area contributed by atoms with Gasteiger partial charge in [-0.15, -0.1) is 11.6 Å². The van der Waals surface area contributed by atoms with Crippen molar-refractivity contribution in [1.29, 1.82) is 0 Å². The number of pyridine rings is 1. The maximum Gasteiger partial charge on any atom is 0.143 e. The molecule has 2 rings (SSSR count). The summed E-state index contributed by atoms with van der Waals surface area (Å²) in [5.74, 6) is 1.74. The Bertz CT molecular complexity index is 387. The highest BCUT2D eigenvalue weighted by Crippen LogP contribution is 2.33. The molecule has 0 saturated carbocycles. The molecule has 0 N–H and O–H groups in total. The van der Waals surface area contributed by atoms with Gasteiger partial charge >= 0.3 is 0 Å². The highest BCUT2D eigenvalue weighted by atomic mass is 79.9. The molecule has 1 aromatic heterocycles. The standard InChI is InChI=1S/C12H15BrCl2N2/c13-11-7-9(15)8-16-12(11)17-6-2-4-10(17)3-1-5-14/h7-8,10H,1-6H2. The van der Waals surface area contributed by atoms with Gasteiger partial charge in [-0.2, -0.15) is 0 Å². The predicted octanol–water partition coefficient (Wildman–Crippen LogP) is 4.49. The molecule has 1 aliphatic rings. The zero-order valence-corrected chi connectivity index (χ0v) is 12.6. The lowest BCUT2D eigenvalue weighted by Gasteiger charge is -2.26. The first kappa shape index (κ1) is 13.4. The monoisotopic (exact) mass is 336 g/mol. The second kappa shape index (κ2) is 6.26. The van der Waals surface area contributed by atoms with Crippen LogP contribution in [0.25, 0.3) is 0 Å². The Labute approximate surface area is 120 Å². The maximum atomic E-state index is 5.92. The molecule has 1 aromatic rings. The molecule has 0 aliphatic carbocycles. The van der Waals surface area contributed by atoms with E-state index in [0.29, 0.717) is 11.1 Å². The summed E-state index contributed by atoms with van der Waals surface area (Å²) >= 11 is 15.2. The smallest absolute Gasteiger partial charge is 0.143 e. The fourth-order valence-corrected chi connectivity index (χ4v) is 3.37. The van der Waals surface area contributed by atoms with Crippen LogP contribution in [0.4, 0.5) is 5.82 Å². The Kier molecular flexibility index (Phi) is 4.95. The second-order valence-corrected chi connectivity index (χ2v) is 5.95. The van der Waals surface area contributed by atoms with Crippen molar-refractivity contribution < 1.29 is 0 Å². The van der Waals surface area contributed by atoms with Gasteiger partial charge in [-0.1, -0.05) is 11.6 Å². The molecule has 0 spiro atoms. The Morgan fingerprint density at radius 1 is 1.53 bits per heavy atom. The minimum atomic E-state index is 0.568. The molecule has 94 valence electrons. The third-order valence-corrected chi connectivity index (χ3v) is 4.17. The van der Waals surface area contributed by atoms with E-state index < -0.39 is 0 Å². The van der Waals surface area contributed by atoms with E-state index in [4.69, 9.17) is 23.2 Å². The summed E-state index contributed by atoms with van der Waals surface area (Å²) in [6.07, 6.45) is 6.37. The van der Waals surface area contributed by atoms with E-state index >= 15 is 0 Å². The van der Waals surface area contributed by atoms with Gasteiger partial charge in [-0.05, 0) is 47.7 Å². The van der Waals surface area contributed by atoms with Gasteiger partial charge < -0.3 is 4.90 Å². The van der Waals surface area contributed by atoms with Crippen LogP contribution in [-0.4, -0.2) is 23.5 Å². The number of hydrogen-bond acceptors (Lipinski definition) is 2. The van der Waals surface area contributed by atoms with Gasteiger partial charge in [0.15, 0.2) is 0 Å². The Morgan fingerprint density at radius 2 is 2.35 bits per heavy atom. The fourth-order valence-electron chi connectivity index (χ4n) is 2.35. The second-order valence-electron chi connectivity index (χ2n) is 4.28. The van der Waals surface area contributed by atoms with Gasteiger partial charge in [0.25, 0.3) is 0 Å². The third-order valence-electron chi connectivity index (χ3n) is 3.11. The number of aromatic nitrogens is 1. The zero-order valence-electron chi connectivity index (χ0n) is 9.50. The van der Waals surface area contributed by atoms with E-state index in [0.717, 1.165) is 35.6 Å². The highest BCUT2D eigenvalue weighted by molar-refractivity contribution is 9.10. The largest absolute Gasteiger partial charge is 0.353 e. The molecule has 0 aromatic carbocycles. The zero-order chi connectivity index (χ0) is 12.3. The first-order valence-electron chi connectivity index (χ1n) is 5.86. The van der Waals surface area contributed by atoms with Crippen LogP contribution in [0, 0.1) is 0 Å². The minimum absolute atomic E-state index is 0.568. The van der Waals surface area contributed by atoms with Crippen LogP contribution >= 0.6 is 39.1 Å². The summed E-state index contributed by atoms with van der Waals surface area (Å²) in [6.45, 7) is 1.07. The molecule has 5 heteroatoms. The van der Waals surface area contributed by atoms with Crippen molar-refractivity contribution in [1.82, 2.24) is 4.98 Å². The van der Waals surface area contributed by atoms with Crippen LogP contribution in [0.15, 0.2) is 16.7 Å². The molecule has 0 radical (unpaired) electrons. The van der Waals surface area contributed by atoms with E-state index in [1.54, 1.807) is 6.20 Å². The summed E-state index contributed by atoms with van der Waals surface area (Å²) in [5, 5.41) is 0.664. The average molecular weight is 338 g/mol. The molecule has 17 heavy (non-hydrogen) atoms. The van der Waals surface area contributed by atoms with Crippen molar-refractivity contribution in [2.75, 3.05) is 17.3 Å². The number of nitrogens with zero attached hydrogens (tertiary/aromatic N) is 2. The Morgan fingerprint density at radius 3 is 3.06 bits per heavy atom. The van der Waals surface area contributed by atoms with E-state index in [2.05, 4.69) is 25.8 Å². The molecule has 2 nitrogen and oxygen atoms in total. The summed E-state index contributed by atoms with van der Waals surface area (Å²) in [6, 6.07) is 2.47. The molecule has 1 atom stereocenters. The number of anilines is 1. The lowest BCUT2D eigenvalue weighted by atomic mass is 10.1. The summed E-state index contributed by atoms with van der Waals surface area (Å²) in [4.78, 5) is 6.80. The van der Waals surface area contributed by atoms with Crippen LogP contribution in [0.2, 0.25) is 5.02 Å². The number of halogens is 3. The van der Waals surface area contributed by atoms with Gasteiger partial charge in [0, 0.05) is 24.7 Å². The summed E-state index contributed by atoms with van der Waals surface area (Å²) in [7, 11) is 0. The molecular formula is C12H15BrCl2N2. The lowest BCUT2D eigenvalue weighted by Crippen LogP contribution is -2.30. The Balaban J connectivity index is 2.14. The first-order chi connectivity index (χ1) is 8.22. The number of alkyl halides is 1. The van der Waals surface area contributed by atoms with E-state index in [9.17, 15) is 0 Å². The van der Waals surface area contributed by atoms with E-state index in [-0.39, 0.29) is 0 Å². The van der Waals surface area contributed by atoms with E-state index in [1.165, 1.54) is 12.8 Å². The Hall–Kier alpha value is 0.01000. The minimum Gasteiger partial charge on any atom is -0.353 e. The van der Waals surface area contributed by atoms with Crippen molar-refractivity contribution in [3.63, 3.8) is 0 Å². The normalized spacial score (nSPS) is 19.9. The van der Waals surface area contributed by atoms with Gasteiger partial charge in [-0.25, -0.2) is 4.98 Å². The fraction of sp³-hybridized carbons (Fsp3) is 0.583. The predicted molar refractivity (Wildman–Crippen MR) is 77.3 cm³/mol. The lowest BCUT2D eigenvalue weighted by molar-refractivity contribution is 0.598. The topological polar surface area (TPSA) is 16.1 Å². The van der Waals surface area contributed by atoms with Gasteiger partial charge in [-0.3, -0.25) is 0 Å². The molecule has 0 bridgehead atoms. The number of hydrogen-bond donors (Lipinski definition) is 0. The third kappa shape index (κ3) is 3.27. The van der Waals surface area contributed by atoms with Gasteiger partial charge in [0.05, 0.1) is 9.50 Å². The molecule has 1 saturated heterocycles. The van der Waals surface area contributed by atoms with Crippen molar-refractivity contribution in [3.05, 3.63) is 21.8 Å². The average Bonchev–Trinajstić information content (AvgIpc) is 2.74. The molecule has 0 amide bonds. The van der Waals surface area contributed by atoms with Gasteiger partial charge in [0.2, 0.25) is 0 Å². The molecule has 1 aliphatic heterocycles. The number of rotatable bonds is 4. The van der Waals surface area contributed by atoms with Crippen LogP contribution in [0.1, 0.15) is 25.7 Å². The van der Waals surface area contributed by atoms with E-state index in [1.807, 2.05) is 6.07 Å². The van der Waals surface area contributed by atoms with Crippen LogP contribution in [-0.2, 0) is 0 Å². The summed E-state index contributed by atoms with van der Waals surface area (Å²) in [5.41, 5.74) is 0.